The van der Waals surface area contributed by atoms with Crippen molar-refractivity contribution in [1.29, 1.82) is 0 Å². The summed E-state index contributed by atoms with van der Waals surface area (Å²) in [5.74, 6) is 0. The van der Waals surface area contributed by atoms with Crippen molar-refractivity contribution in [3.8, 4) is 0 Å². The maximum Gasteiger partial charge on any atom is 0.0234 e. The van der Waals surface area contributed by atoms with E-state index in [4.69, 9.17) is 0 Å². The predicted molar refractivity (Wildman–Crippen MR) is 79.2 cm³/mol. The largest absolute Gasteiger partial charge is 0.313 e. The molecular formula is C16H25N3. The highest BCUT2D eigenvalue weighted by molar-refractivity contribution is 5.14. The fraction of sp³-hybridized carbons (Fsp3) is 0.625. The molecule has 1 aromatic rings. The molecule has 0 spiro atoms. The summed E-state index contributed by atoms with van der Waals surface area (Å²) >= 11 is 0. The Bertz CT molecular complexity index is 365. The molecule has 0 saturated carbocycles. The zero-order valence-electron chi connectivity index (χ0n) is 11.7. The summed E-state index contributed by atoms with van der Waals surface area (Å²) in [5.41, 5.74) is 1.44. The summed E-state index contributed by atoms with van der Waals surface area (Å²) in [5, 5.41) is 3.60. The van der Waals surface area contributed by atoms with Gasteiger partial charge in [0.2, 0.25) is 0 Å². The van der Waals surface area contributed by atoms with Crippen molar-refractivity contribution in [1.82, 2.24) is 15.1 Å². The summed E-state index contributed by atoms with van der Waals surface area (Å²) in [6.07, 6.45) is 2.73. The highest BCUT2D eigenvalue weighted by atomic mass is 15.3. The first-order valence-corrected chi connectivity index (χ1v) is 7.62. The first kappa shape index (κ1) is 13.1. The minimum absolute atomic E-state index is 0.751. The average molecular weight is 259 g/mol. The standard InChI is InChI=1S/C16H25N3/c1-2-5-15(6-3-1)13-18-9-11-19(12-10-18)14-16-7-4-8-17-16/h1-3,5-6,16-17H,4,7-14H2. The Balaban J connectivity index is 1.41. The van der Waals surface area contributed by atoms with E-state index in [1.54, 1.807) is 0 Å². The van der Waals surface area contributed by atoms with E-state index < -0.39 is 0 Å². The minimum Gasteiger partial charge on any atom is -0.313 e. The van der Waals surface area contributed by atoms with Crippen molar-refractivity contribution in [2.45, 2.75) is 25.4 Å². The summed E-state index contributed by atoms with van der Waals surface area (Å²) in [6, 6.07) is 11.6. The SMILES string of the molecule is c1ccc(CN2CCN(CC3CCCN3)CC2)cc1. The number of rotatable bonds is 4. The number of benzene rings is 1. The fourth-order valence-electron chi connectivity index (χ4n) is 3.20. The summed E-state index contributed by atoms with van der Waals surface area (Å²) in [7, 11) is 0. The normalized spacial score (nSPS) is 25.8. The predicted octanol–water partition coefficient (Wildman–Crippen LogP) is 1.56. The molecular weight excluding hydrogens is 234 g/mol. The third-order valence-electron chi connectivity index (χ3n) is 4.35. The van der Waals surface area contributed by atoms with Crippen molar-refractivity contribution in [3.63, 3.8) is 0 Å². The van der Waals surface area contributed by atoms with Gasteiger partial charge in [-0.25, -0.2) is 0 Å². The van der Waals surface area contributed by atoms with Gasteiger partial charge in [0.1, 0.15) is 0 Å². The molecule has 2 saturated heterocycles. The second kappa shape index (κ2) is 6.51. The van der Waals surface area contributed by atoms with Gasteiger partial charge in [0.05, 0.1) is 0 Å². The van der Waals surface area contributed by atoms with Crippen molar-refractivity contribution in [3.05, 3.63) is 35.9 Å². The van der Waals surface area contributed by atoms with E-state index in [1.165, 1.54) is 57.7 Å². The molecule has 2 aliphatic rings. The molecule has 1 unspecified atom stereocenters. The number of piperazine rings is 1. The van der Waals surface area contributed by atoms with Crippen LogP contribution in [0.15, 0.2) is 30.3 Å². The lowest BCUT2D eigenvalue weighted by Gasteiger charge is -2.36. The number of hydrogen-bond acceptors (Lipinski definition) is 3. The molecule has 3 rings (SSSR count). The molecule has 1 N–H and O–H groups in total. The van der Waals surface area contributed by atoms with Crippen LogP contribution in [0.2, 0.25) is 0 Å². The van der Waals surface area contributed by atoms with Crippen molar-refractivity contribution in [2.24, 2.45) is 0 Å². The van der Waals surface area contributed by atoms with Crippen LogP contribution in [-0.2, 0) is 6.54 Å². The van der Waals surface area contributed by atoms with Gasteiger partial charge >= 0.3 is 0 Å². The van der Waals surface area contributed by atoms with E-state index in [-0.39, 0.29) is 0 Å². The molecule has 19 heavy (non-hydrogen) atoms. The van der Waals surface area contributed by atoms with E-state index >= 15 is 0 Å². The van der Waals surface area contributed by atoms with Gasteiger partial charge in [-0.2, -0.15) is 0 Å². The second-order valence-electron chi connectivity index (χ2n) is 5.86. The van der Waals surface area contributed by atoms with E-state index in [0.717, 1.165) is 12.6 Å². The van der Waals surface area contributed by atoms with Gasteiger partial charge in [-0.1, -0.05) is 30.3 Å². The van der Waals surface area contributed by atoms with Crippen LogP contribution in [0.1, 0.15) is 18.4 Å². The molecule has 0 aromatic heterocycles. The third-order valence-corrected chi connectivity index (χ3v) is 4.35. The van der Waals surface area contributed by atoms with Gasteiger partial charge in [0.25, 0.3) is 0 Å². The zero-order chi connectivity index (χ0) is 12.9. The highest BCUT2D eigenvalue weighted by Crippen LogP contribution is 2.11. The van der Waals surface area contributed by atoms with E-state index in [9.17, 15) is 0 Å². The first-order valence-electron chi connectivity index (χ1n) is 7.62. The van der Waals surface area contributed by atoms with Crippen LogP contribution in [0.3, 0.4) is 0 Å². The lowest BCUT2D eigenvalue weighted by atomic mass is 10.1. The summed E-state index contributed by atoms with van der Waals surface area (Å²) in [6.45, 7) is 8.45. The van der Waals surface area contributed by atoms with Crippen LogP contribution in [-0.4, -0.2) is 55.1 Å². The average Bonchev–Trinajstić information content (AvgIpc) is 2.95. The van der Waals surface area contributed by atoms with E-state index in [2.05, 4.69) is 45.4 Å². The number of nitrogens with one attached hydrogen (secondary N) is 1. The molecule has 3 nitrogen and oxygen atoms in total. The maximum absolute atomic E-state index is 3.60. The lowest BCUT2D eigenvalue weighted by Crippen LogP contribution is -2.49. The minimum atomic E-state index is 0.751. The van der Waals surface area contributed by atoms with Gasteiger partial charge in [0.15, 0.2) is 0 Å². The highest BCUT2D eigenvalue weighted by Gasteiger charge is 2.21. The van der Waals surface area contributed by atoms with Gasteiger partial charge in [-0.15, -0.1) is 0 Å². The Hall–Kier alpha value is -0.900. The molecule has 2 heterocycles. The van der Waals surface area contributed by atoms with Gasteiger partial charge in [-0.3, -0.25) is 9.80 Å². The third kappa shape index (κ3) is 3.78. The van der Waals surface area contributed by atoms with Crippen molar-refractivity contribution >= 4 is 0 Å². The Morgan fingerprint density at radius 1 is 1.00 bits per heavy atom. The second-order valence-corrected chi connectivity index (χ2v) is 5.86. The molecule has 104 valence electrons. The van der Waals surface area contributed by atoms with Crippen LogP contribution in [0, 0.1) is 0 Å². The molecule has 0 aliphatic carbocycles. The topological polar surface area (TPSA) is 18.5 Å². The number of hydrogen-bond donors (Lipinski definition) is 1. The molecule has 0 radical (unpaired) electrons. The lowest BCUT2D eigenvalue weighted by molar-refractivity contribution is 0.120. The van der Waals surface area contributed by atoms with Crippen molar-refractivity contribution in [2.75, 3.05) is 39.3 Å². The van der Waals surface area contributed by atoms with Gasteiger partial charge < -0.3 is 5.32 Å². The van der Waals surface area contributed by atoms with Crippen LogP contribution < -0.4 is 5.32 Å². The van der Waals surface area contributed by atoms with Crippen LogP contribution in [0.5, 0.6) is 0 Å². The Kier molecular flexibility index (Phi) is 4.49. The smallest absolute Gasteiger partial charge is 0.0234 e. The summed E-state index contributed by atoms with van der Waals surface area (Å²) in [4.78, 5) is 5.21. The quantitative estimate of drug-likeness (QED) is 0.885. The fourth-order valence-corrected chi connectivity index (χ4v) is 3.20. The monoisotopic (exact) mass is 259 g/mol. The number of nitrogens with zero attached hydrogens (tertiary/aromatic N) is 2. The molecule has 0 bridgehead atoms. The van der Waals surface area contributed by atoms with Gasteiger partial charge in [-0.05, 0) is 24.9 Å². The van der Waals surface area contributed by atoms with E-state index in [1.807, 2.05) is 0 Å². The Morgan fingerprint density at radius 2 is 1.74 bits per heavy atom. The molecule has 0 amide bonds. The van der Waals surface area contributed by atoms with Crippen LogP contribution >= 0.6 is 0 Å². The van der Waals surface area contributed by atoms with Crippen LogP contribution in [0.25, 0.3) is 0 Å². The molecule has 3 heteroatoms. The van der Waals surface area contributed by atoms with Gasteiger partial charge in [0, 0.05) is 45.3 Å². The van der Waals surface area contributed by atoms with Crippen LogP contribution in [0.4, 0.5) is 0 Å². The molecule has 1 atom stereocenters. The molecule has 1 aromatic carbocycles. The maximum atomic E-state index is 3.60. The Labute approximate surface area is 116 Å². The first-order chi connectivity index (χ1) is 9.40. The molecule has 2 fully saturated rings. The Morgan fingerprint density at radius 3 is 2.42 bits per heavy atom. The summed E-state index contributed by atoms with van der Waals surface area (Å²) < 4.78 is 0. The van der Waals surface area contributed by atoms with Crippen molar-refractivity contribution < 1.29 is 0 Å². The zero-order valence-corrected chi connectivity index (χ0v) is 11.7. The van der Waals surface area contributed by atoms with E-state index in [0.29, 0.717) is 0 Å². The molecule has 2 aliphatic heterocycles.